The second kappa shape index (κ2) is 8.11. The number of esters is 1. The van der Waals surface area contributed by atoms with Crippen LogP contribution in [0.25, 0.3) is 0 Å². The monoisotopic (exact) mass is 373 g/mol. The van der Waals surface area contributed by atoms with E-state index in [9.17, 15) is 18.0 Å². The van der Waals surface area contributed by atoms with Gasteiger partial charge in [0, 0.05) is 5.56 Å². The second-order valence-corrected chi connectivity index (χ2v) is 5.59. The second-order valence-electron chi connectivity index (χ2n) is 5.59. The van der Waals surface area contributed by atoms with Crippen LogP contribution < -0.4 is 9.47 Å². The van der Waals surface area contributed by atoms with E-state index in [1.807, 2.05) is 13.8 Å². The fraction of sp³-hybridized carbons (Fsp3) is 0.412. The summed E-state index contributed by atoms with van der Waals surface area (Å²) in [4.78, 5) is 15.5. The minimum Gasteiger partial charge on any atom is -0.486 e. The van der Waals surface area contributed by atoms with Crippen LogP contribution in [0, 0.1) is 0 Å². The Morgan fingerprint density at radius 2 is 2.08 bits per heavy atom. The maximum absolute atomic E-state index is 12.7. The molecule has 0 saturated carbocycles. The van der Waals surface area contributed by atoms with Crippen molar-refractivity contribution in [1.82, 2.24) is 0 Å². The molecule has 1 atom stereocenters. The Hall–Kier alpha value is -2.71. The molecule has 2 rings (SSSR count). The SMILES string of the molecule is COC(=O)C1COC(c2ccc(OCC=C(C)C)c(OC(F)(F)F)c2)=N1. The number of rotatable bonds is 6. The molecule has 0 saturated heterocycles. The Kier molecular flexibility index (Phi) is 6.12. The zero-order valence-electron chi connectivity index (χ0n) is 14.4. The molecule has 0 amide bonds. The van der Waals surface area contributed by atoms with E-state index in [4.69, 9.17) is 9.47 Å². The maximum Gasteiger partial charge on any atom is 0.573 e. The first-order valence-corrected chi connectivity index (χ1v) is 7.64. The predicted molar refractivity (Wildman–Crippen MR) is 86.3 cm³/mol. The van der Waals surface area contributed by atoms with E-state index in [-0.39, 0.29) is 30.4 Å². The van der Waals surface area contributed by atoms with E-state index in [1.165, 1.54) is 19.2 Å². The van der Waals surface area contributed by atoms with Gasteiger partial charge in [0.15, 0.2) is 17.5 Å². The quantitative estimate of drug-likeness (QED) is 0.566. The largest absolute Gasteiger partial charge is 0.573 e. The summed E-state index contributed by atoms with van der Waals surface area (Å²) in [5.74, 6) is -1.16. The lowest BCUT2D eigenvalue weighted by Gasteiger charge is -2.14. The molecule has 26 heavy (non-hydrogen) atoms. The summed E-state index contributed by atoms with van der Waals surface area (Å²) in [6, 6.07) is 3.05. The highest BCUT2D eigenvalue weighted by atomic mass is 19.4. The molecule has 142 valence electrons. The molecule has 0 fully saturated rings. The van der Waals surface area contributed by atoms with Crippen molar-refractivity contribution in [2.75, 3.05) is 20.3 Å². The highest BCUT2D eigenvalue weighted by Gasteiger charge is 2.33. The van der Waals surface area contributed by atoms with Crippen molar-refractivity contribution in [3.05, 3.63) is 35.4 Å². The minimum atomic E-state index is -4.89. The number of benzene rings is 1. The molecule has 1 heterocycles. The Bertz CT molecular complexity index is 724. The van der Waals surface area contributed by atoms with Crippen molar-refractivity contribution in [2.45, 2.75) is 26.3 Å². The third kappa shape index (κ3) is 5.40. The standard InChI is InChI=1S/C17H18F3NO5/c1-10(2)6-7-24-13-5-4-11(8-14(13)26-17(18,19)20)15-21-12(9-25-15)16(22)23-3/h4-6,8,12H,7,9H2,1-3H3. The van der Waals surface area contributed by atoms with Crippen LogP contribution in [-0.2, 0) is 14.3 Å². The molecular weight excluding hydrogens is 355 g/mol. The van der Waals surface area contributed by atoms with Crippen molar-refractivity contribution in [2.24, 2.45) is 4.99 Å². The van der Waals surface area contributed by atoms with Crippen molar-refractivity contribution in [1.29, 1.82) is 0 Å². The molecule has 6 nitrogen and oxygen atoms in total. The van der Waals surface area contributed by atoms with Crippen LogP contribution in [0.1, 0.15) is 19.4 Å². The molecule has 1 aliphatic heterocycles. The Morgan fingerprint density at radius 3 is 2.69 bits per heavy atom. The summed E-state index contributed by atoms with van der Waals surface area (Å²) >= 11 is 0. The number of hydrogen-bond acceptors (Lipinski definition) is 6. The van der Waals surface area contributed by atoms with Gasteiger partial charge < -0.3 is 18.9 Å². The predicted octanol–water partition coefficient (Wildman–Crippen LogP) is 3.25. The number of carbonyl (C=O) groups is 1. The molecule has 0 aliphatic carbocycles. The van der Waals surface area contributed by atoms with Crippen LogP contribution >= 0.6 is 0 Å². The van der Waals surface area contributed by atoms with Crippen molar-refractivity contribution in [3.8, 4) is 11.5 Å². The number of nitrogens with zero attached hydrogens (tertiary/aromatic N) is 1. The first kappa shape index (κ1) is 19.6. The van der Waals surface area contributed by atoms with Crippen LogP contribution in [0.15, 0.2) is 34.8 Å². The smallest absolute Gasteiger partial charge is 0.486 e. The van der Waals surface area contributed by atoms with Gasteiger partial charge in [-0.05, 0) is 38.1 Å². The molecule has 0 aromatic heterocycles. The van der Waals surface area contributed by atoms with Crippen LogP contribution in [-0.4, -0.2) is 44.6 Å². The fourth-order valence-electron chi connectivity index (χ4n) is 2.05. The van der Waals surface area contributed by atoms with Gasteiger partial charge in [-0.2, -0.15) is 0 Å². The van der Waals surface area contributed by atoms with E-state index < -0.39 is 24.1 Å². The van der Waals surface area contributed by atoms with E-state index >= 15 is 0 Å². The van der Waals surface area contributed by atoms with Gasteiger partial charge in [0.2, 0.25) is 5.90 Å². The zero-order valence-corrected chi connectivity index (χ0v) is 14.4. The normalized spacial score (nSPS) is 16.4. The molecule has 1 aromatic rings. The van der Waals surface area contributed by atoms with Gasteiger partial charge >= 0.3 is 12.3 Å². The third-order valence-electron chi connectivity index (χ3n) is 3.27. The zero-order chi connectivity index (χ0) is 19.3. The van der Waals surface area contributed by atoms with Gasteiger partial charge in [0.1, 0.15) is 13.2 Å². The number of methoxy groups -OCH3 is 1. The van der Waals surface area contributed by atoms with Crippen molar-refractivity contribution >= 4 is 11.9 Å². The molecule has 9 heteroatoms. The van der Waals surface area contributed by atoms with Gasteiger partial charge in [-0.3, -0.25) is 0 Å². The summed E-state index contributed by atoms with van der Waals surface area (Å²) < 4.78 is 57.3. The summed E-state index contributed by atoms with van der Waals surface area (Å²) in [5.41, 5.74) is 1.19. The summed E-state index contributed by atoms with van der Waals surface area (Å²) in [6.07, 6.45) is -3.17. The molecule has 0 bridgehead atoms. The summed E-state index contributed by atoms with van der Waals surface area (Å²) in [5, 5.41) is 0. The molecule has 1 aromatic carbocycles. The van der Waals surface area contributed by atoms with Gasteiger partial charge in [0.25, 0.3) is 0 Å². The number of alkyl halides is 3. The fourth-order valence-corrected chi connectivity index (χ4v) is 2.05. The number of hydrogen-bond donors (Lipinski definition) is 0. The lowest BCUT2D eigenvalue weighted by molar-refractivity contribution is -0.275. The minimum absolute atomic E-state index is 0.0308. The van der Waals surface area contributed by atoms with E-state index in [0.717, 1.165) is 11.6 Å². The van der Waals surface area contributed by atoms with Crippen LogP contribution in [0.3, 0.4) is 0 Å². The van der Waals surface area contributed by atoms with Crippen LogP contribution in [0.5, 0.6) is 11.5 Å². The number of carbonyl (C=O) groups excluding carboxylic acids is 1. The van der Waals surface area contributed by atoms with Crippen LogP contribution in [0.2, 0.25) is 0 Å². The number of ether oxygens (including phenoxy) is 4. The van der Waals surface area contributed by atoms with E-state index in [2.05, 4.69) is 14.5 Å². The average Bonchev–Trinajstić information content (AvgIpc) is 3.03. The van der Waals surface area contributed by atoms with E-state index in [0.29, 0.717) is 0 Å². The average molecular weight is 373 g/mol. The lowest BCUT2D eigenvalue weighted by atomic mass is 10.2. The Morgan fingerprint density at radius 1 is 1.35 bits per heavy atom. The topological polar surface area (TPSA) is 66.4 Å². The van der Waals surface area contributed by atoms with Gasteiger partial charge in [0.05, 0.1) is 7.11 Å². The Labute approximate surface area is 148 Å². The molecule has 0 spiro atoms. The van der Waals surface area contributed by atoms with E-state index in [1.54, 1.807) is 6.08 Å². The van der Waals surface area contributed by atoms with Crippen molar-refractivity contribution < 1.29 is 36.9 Å². The Balaban J connectivity index is 2.28. The molecular formula is C17H18F3NO5. The summed E-state index contributed by atoms with van der Waals surface area (Å²) in [6.45, 7) is 3.73. The lowest BCUT2D eigenvalue weighted by Crippen LogP contribution is -2.21. The number of allylic oxidation sites excluding steroid dienone is 1. The molecule has 0 radical (unpaired) electrons. The first-order valence-electron chi connectivity index (χ1n) is 7.64. The molecule has 1 unspecified atom stereocenters. The van der Waals surface area contributed by atoms with Gasteiger partial charge in [-0.1, -0.05) is 5.57 Å². The molecule has 0 N–H and O–H groups in total. The third-order valence-corrected chi connectivity index (χ3v) is 3.27. The number of halogens is 3. The maximum atomic E-state index is 12.7. The van der Waals surface area contributed by atoms with Crippen molar-refractivity contribution in [3.63, 3.8) is 0 Å². The van der Waals surface area contributed by atoms with Crippen LogP contribution in [0.4, 0.5) is 13.2 Å². The highest BCUT2D eigenvalue weighted by Crippen LogP contribution is 2.34. The number of aliphatic imine (C=N–C) groups is 1. The van der Waals surface area contributed by atoms with Gasteiger partial charge in [-0.15, -0.1) is 13.2 Å². The molecule has 1 aliphatic rings. The van der Waals surface area contributed by atoms with Gasteiger partial charge in [-0.25, -0.2) is 9.79 Å². The summed E-state index contributed by atoms with van der Waals surface area (Å²) in [7, 11) is 1.21. The first-order chi connectivity index (χ1) is 12.2. The highest BCUT2D eigenvalue weighted by molar-refractivity contribution is 5.98.